The molecule has 0 bridgehead atoms. The SMILES string of the molecule is Cc1ccc(C(=O)CCNC(=O)NC2CCCCCC2)cc1. The van der Waals surface area contributed by atoms with Crippen molar-refractivity contribution in [3.8, 4) is 0 Å². The van der Waals surface area contributed by atoms with Gasteiger partial charge in [-0.25, -0.2) is 4.79 Å². The van der Waals surface area contributed by atoms with E-state index in [2.05, 4.69) is 10.6 Å². The van der Waals surface area contributed by atoms with Gasteiger partial charge in [0, 0.05) is 24.6 Å². The number of hydrogen-bond acceptors (Lipinski definition) is 2. The minimum atomic E-state index is -0.149. The van der Waals surface area contributed by atoms with Crippen LogP contribution in [0.15, 0.2) is 24.3 Å². The molecule has 0 saturated heterocycles. The van der Waals surface area contributed by atoms with Crippen LogP contribution in [0.5, 0.6) is 0 Å². The predicted octanol–water partition coefficient (Wildman–Crippen LogP) is 3.59. The molecule has 2 rings (SSSR count). The molecular formula is C18H26N2O2. The van der Waals surface area contributed by atoms with Gasteiger partial charge < -0.3 is 10.6 Å². The molecule has 1 aromatic rings. The fraction of sp³-hybridized carbons (Fsp3) is 0.556. The summed E-state index contributed by atoms with van der Waals surface area (Å²) in [7, 11) is 0. The molecule has 4 heteroatoms. The Balaban J connectivity index is 1.67. The molecule has 2 N–H and O–H groups in total. The van der Waals surface area contributed by atoms with E-state index in [1.54, 1.807) is 0 Å². The molecule has 0 aliphatic heterocycles. The molecule has 1 saturated carbocycles. The maximum Gasteiger partial charge on any atom is 0.315 e. The summed E-state index contributed by atoms with van der Waals surface area (Å²) in [5, 5.41) is 5.81. The Hall–Kier alpha value is -1.84. The van der Waals surface area contributed by atoms with E-state index in [1.807, 2.05) is 31.2 Å². The monoisotopic (exact) mass is 302 g/mol. The van der Waals surface area contributed by atoms with Crippen molar-refractivity contribution in [1.29, 1.82) is 0 Å². The van der Waals surface area contributed by atoms with E-state index >= 15 is 0 Å². The number of nitrogens with one attached hydrogen (secondary N) is 2. The van der Waals surface area contributed by atoms with Gasteiger partial charge in [0.25, 0.3) is 0 Å². The lowest BCUT2D eigenvalue weighted by atomic mass is 10.1. The Kier molecular flexibility index (Phi) is 6.44. The van der Waals surface area contributed by atoms with Gasteiger partial charge in [-0.05, 0) is 19.8 Å². The Bertz CT molecular complexity index is 488. The first-order chi connectivity index (χ1) is 10.6. The van der Waals surface area contributed by atoms with Crippen LogP contribution in [0.1, 0.15) is 60.9 Å². The van der Waals surface area contributed by atoms with Gasteiger partial charge >= 0.3 is 6.03 Å². The van der Waals surface area contributed by atoms with Crippen molar-refractivity contribution in [1.82, 2.24) is 10.6 Å². The van der Waals surface area contributed by atoms with Crippen LogP contribution in [0, 0.1) is 6.92 Å². The summed E-state index contributed by atoms with van der Waals surface area (Å²) in [6, 6.07) is 7.67. The lowest BCUT2D eigenvalue weighted by molar-refractivity contribution is 0.0983. The van der Waals surface area contributed by atoms with Crippen molar-refractivity contribution >= 4 is 11.8 Å². The number of benzene rings is 1. The maximum atomic E-state index is 12.0. The summed E-state index contributed by atoms with van der Waals surface area (Å²) in [4.78, 5) is 23.9. The van der Waals surface area contributed by atoms with Gasteiger partial charge in [-0.15, -0.1) is 0 Å². The molecule has 0 heterocycles. The highest BCUT2D eigenvalue weighted by Crippen LogP contribution is 2.16. The van der Waals surface area contributed by atoms with Crippen molar-refractivity contribution in [3.63, 3.8) is 0 Å². The average molecular weight is 302 g/mol. The van der Waals surface area contributed by atoms with Crippen LogP contribution >= 0.6 is 0 Å². The molecule has 4 nitrogen and oxygen atoms in total. The Morgan fingerprint density at radius 2 is 1.68 bits per heavy atom. The summed E-state index contributed by atoms with van der Waals surface area (Å²) in [6.07, 6.45) is 7.38. The molecule has 0 aromatic heterocycles. The number of ketones is 1. The molecule has 1 aliphatic rings. The average Bonchev–Trinajstić information content (AvgIpc) is 2.76. The molecule has 0 spiro atoms. The van der Waals surface area contributed by atoms with Crippen molar-refractivity contribution in [3.05, 3.63) is 35.4 Å². The number of aryl methyl sites for hydroxylation is 1. The van der Waals surface area contributed by atoms with E-state index in [9.17, 15) is 9.59 Å². The van der Waals surface area contributed by atoms with E-state index in [0.717, 1.165) is 18.4 Å². The molecule has 0 atom stereocenters. The molecule has 0 radical (unpaired) electrons. The highest BCUT2D eigenvalue weighted by Gasteiger charge is 2.14. The standard InChI is InChI=1S/C18H26N2O2/c1-14-8-10-15(11-9-14)17(21)12-13-19-18(22)20-16-6-4-2-3-5-7-16/h8-11,16H,2-7,12-13H2,1H3,(H2,19,20,22). The number of amides is 2. The van der Waals surface area contributed by atoms with E-state index in [1.165, 1.54) is 25.7 Å². The molecular weight excluding hydrogens is 276 g/mol. The fourth-order valence-electron chi connectivity index (χ4n) is 2.83. The summed E-state index contributed by atoms with van der Waals surface area (Å²) in [6.45, 7) is 2.37. The number of rotatable bonds is 5. The molecule has 120 valence electrons. The number of urea groups is 1. The van der Waals surface area contributed by atoms with Gasteiger partial charge in [-0.1, -0.05) is 55.5 Å². The highest BCUT2D eigenvalue weighted by atomic mass is 16.2. The third kappa shape index (κ3) is 5.51. The first-order valence-corrected chi connectivity index (χ1v) is 8.29. The maximum absolute atomic E-state index is 12.0. The smallest absolute Gasteiger partial charge is 0.315 e. The Labute approximate surface area is 132 Å². The molecule has 1 fully saturated rings. The summed E-state index contributed by atoms with van der Waals surface area (Å²) >= 11 is 0. The van der Waals surface area contributed by atoms with E-state index in [4.69, 9.17) is 0 Å². The number of hydrogen-bond donors (Lipinski definition) is 2. The first-order valence-electron chi connectivity index (χ1n) is 8.29. The summed E-state index contributed by atoms with van der Waals surface area (Å²) < 4.78 is 0. The van der Waals surface area contributed by atoms with Crippen LogP contribution in [0.2, 0.25) is 0 Å². The second kappa shape index (κ2) is 8.57. The summed E-state index contributed by atoms with van der Waals surface area (Å²) in [5.41, 5.74) is 1.84. The van der Waals surface area contributed by atoms with Crippen LogP contribution in [-0.2, 0) is 0 Å². The normalized spacial score (nSPS) is 15.9. The quantitative estimate of drug-likeness (QED) is 0.645. The molecule has 0 unspecified atom stereocenters. The third-order valence-corrected chi connectivity index (χ3v) is 4.20. The topological polar surface area (TPSA) is 58.2 Å². The molecule has 22 heavy (non-hydrogen) atoms. The zero-order valence-corrected chi connectivity index (χ0v) is 13.4. The van der Waals surface area contributed by atoms with E-state index in [-0.39, 0.29) is 17.9 Å². The van der Waals surface area contributed by atoms with E-state index < -0.39 is 0 Å². The van der Waals surface area contributed by atoms with Crippen molar-refractivity contribution in [2.75, 3.05) is 6.54 Å². The largest absolute Gasteiger partial charge is 0.338 e. The second-order valence-corrected chi connectivity index (χ2v) is 6.13. The second-order valence-electron chi connectivity index (χ2n) is 6.13. The van der Waals surface area contributed by atoms with E-state index in [0.29, 0.717) is 18.5 Å². The zero-order chi connectivity index (χ0) is 15.8. The lowest BCUT2D eigenvalue weighted by Crippen LogP contribution is -2.42. The number of Topliss-reactive ketones (excluding diaryl/α,β-unsaturated/α-hetero) is 1. The first kappa shape index (κ1) is 16.5. The lowest BCUT2D eigenvalue weighted by Gasteiger charge is -2.16. The number of carbonyl (C=O) groups excluding carboxylic acids is 2. The molecule has 2 amide bonds. The van der Waals surface area contributed by atoms with Crippen molar-refractivity contribution in [2.24, 2.45) is 0 Å². The van der Waals surface area contributed by atoms with Gasteiger partial charge in [-0.3, -0.25) is 4.79 Å². The van der Waals surface area contributed by atoms with Gasteiger partial charge in [0.15, 0.2) is 5.78 Å². The van der Waals surface area contributed by atoms with Crippen LogP contribution < -0.4 is 10.6 Å². The van der Waals surface area contributed by atoms with Crippen LogP contribution in [-0.4, -0.2) is 24.4 Å². The van der Waals surface area contributed by atoms with Crippen LogP contribution in [0.4, 0.5) is 4.79 Å². The minimum absolute atomic E-state index is 0.0646. The predicted molar refractivity (Wildman–Crippen MR) is 88.2 cm³/mol. The zero-order valence-electron chi connectivity index (χ0n) is 13.4. The van der Waals surface area contributed by atoms with Crippen LogP contribution in [0.3, 0.4) is 0 Å². The minimum Gasteiger partial charge on any atom is -0.338 e. The Morgan fingerprint density at radius 1 is 1.05 bits per heavy atom. The molecule has 1 aromatic carbocycles. The fourth-order valence-corrected chi connectivity index (χ4v) is 2.83. The Morgan fingerprint density at radius 3 is 2.32 bits per heavy atom. The van der Waals surface area contributed by atoms with Gasteiger partial charge in [0.1, 0.15) is 0 Å². The van der Waals surface area contributed by atoms with Gasteiger partial charge in [-0.2, -0.15) is 0 Å². The third-order valence-electron chi connectivity index (χ3n) is 4.20. The van der Waals surface area contributed by atoms with Crippen molar-refractivity contribution in [2.45, 2.75) is 57.9 Å². The number of carbonyl (C=O) groups is 2. The molecule has 1 aliphatic carbocycles. The van der Waals surface area contributed by atoms with Crippen molar-refractivity contribution < 1.29 is 9.59 Å². The van der Waals surface area contributed by atoms with Crippen LogP contribution in [0.25, 0.3) is 0 Å². The highest BCUT2D eigenvalue weighted by molar-refractivity contribution is 5.96. The van der Waals surface area contributed by atoms with Gasteiger partial charge in [0.2, 0.25) is 0 Å². The summed E-state index contributed by atoms with van der Waals surface area (Å²) in [5.74, 6) is 0.0646. The van der Waals surface area contributed by atoms with Gasteiger partial charge in [0.05, 0.1) is 0 Å².